The van der Waals surface area contributed by atoms with Gasteiger partial charge >= 0.3 is 5.97 Å². The number of nitrogens with zero attached hydrogens (tertiary/aromatic N) is 3. The molecular weight excluding hydrogens is 296 g/mol. The van der Waals surface area contributed by atoms with Gasteiger partial charge in [-0.15, -0.1) is 0 Å². The summed E-state index contributed by atoms with van der Waals surface area (Å²) < 4.78 is 0. The Hall–Kier alpha value is -2.51. The molecule has 0 radical (unpaired) electrons. The molecule has 0 spiro atoms. The second kappa shape index (κ2) is 8.21. The van der Waals surface area contributed by atoms with Crippen molar-refractivity contribution in [1.82, 2.24) is 15.3 Å². The van der Waals surface area contributed by atoms with Gasteiger partial charge in [0.05, 0.1) is 6.61 Å². The number of carboxylic acid groups (broad SMARTS) is 1. The summed E-state index contributed by atoms with van der Waals surface area (Å²) in [6, 6.07) is 7.74. The van der Waals surface area contributed by atoms with E-state index in [0.717, 1.165) is 16.7 Å². The molecule has 0 fully saturated rings. The van der Waals surface area contributed by atoms with Gasteiger partial charge in [0.2, 0.25) is 5.95 Å². The molecule has 0 aliphatic heterocycles. The predicted octanol–water partition coefficient (Wildman–Crippen LogP) is 0.779. The SMILES string of the molecule is CN(CC(=O)O)c1ncc(CNCc2cccc(CO)c2)cn1. The summed E-state index contributed by atoms with van der Waals surface area (Å²) in [6.45, 7) is 1.17. The summed E-state index contributed by atoms with van der Waals surface area (Å²) in [5.74, 6) is -0.543. The molecular formula is C16H20N4O3. The van der Waals surface area contributed by atoms with E-state index in [0.29, 0.717) is 19.0 Å². The third kappa shape index (κ3) is 5.32. The lowest BCUT2D eigenvalue weighted by Gasteiger charge is -2.14. The second-order valence-electron chi connectivity index (χ2n) is 5.22. The highest BCUT2D eigenvalue weighted by molar-refractivity contribution is 5.72. The van der Waals surface area contributed by atoms with Gasteiger partial charge in [-0.2, -0.15) is 0 Å². The number of aliphatic carboxylic acids is 1. The van der Waals surface area contributed by atoms with Gasteiger partial charge in [0.1, 0.15) is 6.54 Å². The molecule has 0 amide bonds. The van der Waals surface area contributed by atoms with Crippen LogP contribution in [0.3, 0.4) is 0 Å². The quantitative estimate of drug-likeness (QED) is 0.662. The second-order valence-corrected chi connectivity index (χ2v) is 5.22. The van der Waals surface area contributed by atoms with Crippen LogP contribution in [0.25, 0.3) is 0 Å². The number of carboxylic acids is 1. The molecule has 0 saturated carbocycles. The first kappa shape index (κ1) is 16.9. The lowest BCUT2D eigenvalue weighted by molar-refractivity contribution is -0.135. The first-order valence-corrected chi connectivity index (χ1v) is 7.21. The van der Waals surface area contributed by atoms with Crippen LogP contribution >= 0.6 is 0 Å². The van der Waals surface area contributed by atoms with Crippen molar-refractivity contribution in [2.45, 2.75) is 19.7 Å². The maximum absolute atomic E-state index is 10.6. The molecule has 0 saturated heterocycles. The predicted molar refractivity (Wildman–Crippen MR) is 85.8 cm³/mol. The first-order chi connectivity index (χ1) is 11.1. The number of rotatable bonds is 8. The zero-order valence-corrected chi connectivity index (χ0v) is 12.9. The highest BCUT2D eigenvalue weighted by Gasteiger charge is 2.08. The van der Waals surface area contributed by atoms with Crippen molar-refractivity contribution in [3.63, 3.8) is 0 Å². The van der Waals surface area contributed by atoms with E-state index in [2.05, 4.69) is 15.3 Å². The van der Waals surface area contributed by atoms with Gasteiger partial charge in [-0.1, -0.05) is 24.3 Å². The lowest BCUT2D eigenvalue weighted by atomic mass is 10.1. The van der Waals surface area contributed by atoms with Gasteiger partial charge in [-0.3, -0.25) is 4.79 Å². The first-order valence-electron chi connectivity index (χ1n) is 7.21. The standard InChI is InChI=1S/C16H20N4O3/c1-20(10-15(22)23)16-18-8-14(9-19-16)7-17-6-12-3-2-4-13(5-12)11-21/h2-5,8-9,17,21H,6-7,10-11H2,1H3,(H,22,23). The Morgan fingerprint density at radius 2 is 1.83 bits per heavy atom. The van der Waals surface area contributed by atoms with E-state index in [1.54, 1.807) is 19.4 Å². The van der Waals surface area contributed by atoms with Gasteiger partial charge < -0.3 is 20.4 Å². The van der Waals surface area contributed by atoms with Gasteiger partial charge in [0.25, 0.3) is 0 Å². The highest BCUT2D eigenvalue weighted by Crippen LogP contribution is 2.07. The number of aromatic nitrogens is 2. The summed E-state index contributed by atoms with van der Waals surface area (Å²) in [6.07, 6.45) is 3.36. The molecule has 2 rings (SSSR count). The third-order valence-corrected chi connectivity index (χ3v) is 3.24. The topological polar surface area (TPSA) is 98.6 Å². The summed E-state index contributed by atoms with van der Waals surface area (Å²) in [5.41, 5.74) is 2.89. The number of benzene rings is 1. The summed E-state index contributed by atoms with van der Waals surface area (Å²) in [5, 5.41) is 21.1. The maximum Gasteiger partial charge on any atom is 0.323 e. The van der Waals surface area contributed by atoms with Crippen molar-refractivity contribution in [1.29, 1.82) is 0 Å². The van der Waals surface area contributed by atoms with Crippen LogP contribution in [0.5, 0.6) is 0 Å². The number of anilines is 1. The minimum absolute atomic E-state index is 0.0347. The number of carbonyl (C=O) groups is 1. The monoisotopic (exact) mass is 316 g/mol. The lowest BCUT2D eigenvalue weighted by Crippen LogP contribution is -2.26. The van der Waals surface area contributed by atoms with Crippen LogP contribution in [0.4, 0.5) is 5.95 Å². The number of aliphatic hydroxyl groups excluding tert-OH is 1. The molecule has 0 unspecified atom stereocenters. The van der Waals surface area contributed by atoms with E-state index >= 15 is 0 Å². The fourth-order valence-electron chi connectivity index (χ4n) is 2.10. The third-order valence-electron chi connectivity index (χ3n) is 3.24. The van der Waals surface area contributed by atoms with Crippen molar-refractivity contribution in [2.24, 2.45) is 0 Å². The number of hydrogen-bond acceptors (Lipinski definition) is 6. The molecule has 0 aliphatic carbocycles. The molecule has 1 heterocycles. The summed E-state index contributed by atoms with van der Waals surface area (Å²) >= 11 is 0. The molecule has 122 valence electrons. The summed E-state index contributed by atoms with van der Waals surface area (Å²) in [7, 11) is 1.63. The highest BCUT2D eigenvalue weighted by atomic mass is 16.4. The average molecular weight is 316 g/mol. The molecule has 0 aliphatic rings. The van der Waals surface area contributed by atoms with Crippen molar-refractivity contribution in [3.8, 4) is 0 Å². The Bertz CT molecular complexity index is 646. The van der Waals surface area contributed by atoms with E-state index < -0.39 is 5.97 Å². The Labute approximate surface area is 134 Å². The molecule has 2 aromatic rings. The van der Waals surface area contributed by atoms with Crippen molar-refractivity contribution in [3.05, 3.63) is 53.3 Å². The smallest absolute Gasteiger partial charge is 0.323 e. The Kier molecular flexibility index (Phi) is 6.02. The minimum Gasteiger partial charge on any atom is -0.480 e. The van der Waals surface area contributed by atoms with Gasteiger partial charge in [-0.25, -0.2) is 9.97 Å². The molecule has 1 aromatic heterocycles. The van der Waals surface area contributed by atoms with Crippen LogP contribution in [-0.2, 0) is 24.5 Å². The van der Waals surface area contributed by atoms with E-state index in [9.17, 15) is 4.79 Å². The Morgan fingerprint density at radius 3 is 2.48 bits per heavy atom. The Balaban J connectivity index is 1.85. The fourth-order valence-corrected chi connectivity index (χ4v) is 2.10. The van der Waals surface area contributed by atoms with Crippen molar-refractivity contribution < 1.29 is 15.0 Å². The molecule has 1 aromatic carbocycles. The maximum atomic E-state index is 10.6. The van der Waals surface area contributed by atoms with Crippen LogP contribution in [0.2, 0.25) is 0 Å². The molecule has 3 N–H and O–H groups in total. The van der Waals surface area contributed by atoms with E-state index in [-0.39, 0.29) is 13.2 Å². The van der Waals surface area contributed by atoms with Gasteiger partial charge in [0.15, 0.2) is 0 Å². The summed E-state index contributed by atoms with van der Waals surface area (Å²) in [4.78, 5) is 20.4. The van der Waals surface area contributed by atoms with Crippen molar-refractivity contribution >= 4 is 11.9 Å². The van der Waals surface area contributed by atoms with Crippen molar-refractivity contribution in [2.75, 3.05) is 18.5 Å². The van der Waals surface area contributed by atoms with Crippen LogP contribution in [0.15, 0.2) is 36.7 Å². The molecule has 7 nitrogen and oxygen atoms in total. The van der Waals surface area contributed by atoms with E-state index in [4.69, 9.17) is 10.2 Å². The average Bonchev–Trinajstić information content (AvgIpc) is 2.55. The van der Waals surface area contributed by atoms with Crippen LogP contribution in [0, 0.1) is 0 Å². The van der Waals surface area contributed by atoms with E-state index in [1.807, 2.05) is 24.3 Å². The van der Waals surface area contributed by atoms with Gasteiger partial charge in [0, 0.05) is 38.1 Å². The Morgan fingerprint density at radius 1 is 1.17 bits per heavy atom. The normalized spacial score (nSPS) is 10.5. The van der Waals surface area contributed by atoms with Gasteiger partial charge in [-0.05, 0) is 11.1 Å². The minimum atomic E-state index is -0.924. The number of aliphatic hydroxyl groups is 1. The largest absolute Gasteiger partial charge is 0.480 e. The molecule has 0 bridgehead atoms. The zero-order chi connectivity index (χ0) is 16.7. The molecule has 0 atom stereocenters. The molecule has 23 heavy (non-hydrogen) atoms. The number of likely N-dealkylation sites (N-methyl/N-ethyl adjacent to an activating group) is 1. The van der Waals surface area contributed by atoms with Crippen LogP contribution < -0.4 is 10.2 Å². The number of hydrogen-bond donors (Lipinski definition) is 3. The van der Waals surface area contributed by atoms with E-state index in [1.165, 1.54) is 4.90 Å². The zero-order valence-electron chi connectivity index (χ0n) is 12.9. The molecule has 7 heteroatoms. The van der Waals surface area contributed by atoms with Crippen LogP contribution in [-0.4, -0.2) is 39.7 Å². The number of nitrogens with one attached hydrogen (secondary N) is 1. The fraction of sp³-hybridized carbons (Fsp3) is 0.312. The van der Waals surface area contributed by atoms with Crippen LogP contribution in [0.1, 0.15) is 16.7 Å².